The molecule has 1 aromatic rings. The largest absolute Gasteiger partial charge is 0.197 e. The lowest BCUT2D eigenvalue weighted by molar-refractivity contribution is 0.683. The topological polar surface area (TPSA) is 23.8 Å². The van der Waals surface area contributed by atoms with Gasteiger partial charge in [-0.2, -0.15) is 5.26 Å². The van der Waals surface area contributed by atoms with Crippen molar-refractivity contribution in [2.75, 3.05) is 0 Å². The number of nitrogens with zero attached hydrogens (tertiary/aromatic N) is 1. The van der Waals surface area contributed by atoms with Crippen LogP contribution in [0.5, 0.6) is 0 Å². The third-order valence-electron chi connectivity index (χ3n) is 1.90. The van der Waals surface area contributed by atoms with Crippen LogP contribution in [0.2, 0.25) is 5.02 Å². The fraction of sp³-hybridized carbons (Fsp3) is 0.300. The Hall–Kier alpha value is -0.520. The van der Waals surface area contributed by atoms with Crippen LogP contribution in [0, 0.1) is 11.3 Å². The second-order valence-corrected chi connectivity index (χ2v) is 4.54. The van der Waals surface area contributed by atoms with E-state index >= 15 is 0 Å². The van der Waals surface area contributed by atoms with E-state index in [4.69, 9.17) is 16.9 Å². The van der Waals surface area contributed by atoms with E-state index in [1.165, 1.54) is 0 Å². The molecule has 3 heteroatoms. The second kappa shape index (κ2) is 3.69. The molecule has 0 saturated heterocycles. The van der Waals surface area contributed by atoms with Crippen molar-refractivity contribution in [1.29, 1.82) is 5.26 Å². The van der Waals surface area contributed by atoms with Crippen molar-refractivity contribution >= 4 is 27.5 Å². The summed E-state index contributed by atoms with van der Waals surface area (Å²) in [7, 11) is 0. The van der Waals surface area contributed by atoms with Crippen LogP contribution in [0.25, 0.3) is 0 Å². The van der Waals surface area contributed by atoms with E-state index in [1.54, 1.807) is 6.07 Å². The summed E-state index contributed by atoms with van der Waals surface area (Å²) in [6, 6.07) is 7.78. The summed E-state index contributed by atoms with van der Waals surface area (Å²) >= 11 is 9.29. The van der Waals surface area contributed by atoms with Crippen LogP contribution in [0.3, 0.4) is 0 Å². The van der Waals surface area contributed by atoms with Crippen molar-refractivity contribution in [1.82, 2.24) is 0 Å². The minimum Gasteiger partial charge on any atom is -0.197 e. The Kier molecular flexibility index (Phi) is 3.00. The molecule has 0 heterocycles. The lowest BCUT2D eigenvalue weighted by atomic mass is 9.86. The first-order valence-corrected chi connectivity index (χ1v) is 5.02. The van der Waals surface area contributed by atoms with E-state index in [-0.39, 0.29) is 0 Å². The van der Waals surface area contributed by atoms with Gasteiger partial charge in [0.1, 0.15) is 0 Å². The highest BCUT2D eigenvalue weighted by Crippen LogP contribution is 2.34. The Balaban J connectivity index is 3.33. The molecular weight excluding hydrogens is 249 g/mol. The highest BCUT2D eigenvalue weighted by atomic mass is 79.9. The lowest BCUT2D eigenvalue weighted by Crippen LogP contribution is -2.14. The molecule has 0 unspecified atom stereocenters. The molecule has 1 aromatic carbocycles. The van der Waals surface area contributed by atoms with E-state index in [1.807, 2.05) is 26.0 Å². The molecule has 0 aromatic heterocycles. The minimum absolute atomic E-state index is 0.510. The van der Waals surface area contributed by atoms with E-state index in [0.717, 1.165) is 10.0 Å². The predicted molar refractivity (Wildman–Crippen MR) is 57.8 cm³/mol. The van der Waals surface area contributed by atoms with Crippen LogP contribution in [0.15, 0.2) is 22.7 Å². The van der Waals surface area contributed by atoms with Gasteiger partial charge >= 0.3 is 0 Å². The van der Waals surface area contributed by atoms with Crippen LogP contribution < -0.4 is 0 Å². The molecule has 0 radical (unpaired) electrons. The maximum absolute atomic E-state index is 8.95. The van der Waals surface area contributed by atoms with E-state index in [0.29, 0.717) is 5.02 Å². The molecule has 0 fully saturated rings. The van der Waals surface area contributed by atoms with Gasteiger partial charge in [0.25, 0.3) is 0 Å². The van der Waals surface area contributed by atoms with Gasteiger partial charge in [0.15, 0.2) is 0 Å². The third-order valence-corrected chi connectivity index (χ3v) is 3.30. The first-order valence-electron chi connectivity index (χ1n) is 3.85. The number of halogens is 2. The van der Waals surface area contributed by atoms with Gasteiger partial charge in [-0.15, -0.1) is 0 Å². The highest BCUT2D eigenvalue weighted by molar-refractivity contribution is 9.10. The molecule has 1 nitrogen and oxygen atoms in total. The van der Waals surface area contributed by atoms with Gasteiger partial charge in [0.2, 0.25) is 0 Å². The molecule has 0 spiro atoms. The summed E-state index contributed by atoms with van der Waals surface area (Å²) in [5, 5.41) is 9.59. The first kappa shape index (κ1) is 10.6. The number of benzene rings is 1. The lowest BCUT2D eigenvalue weighted by Gasteiger charge is -2.17. The van der Waals surface area contributed by atoms with Gasteiger partial charge < -0.3 is 0 Å². The molecule has 1 rings (SSSR count). The quantitative estimate of drug-likeness (QED) is 0.749. The van der Waals surface area contributed by atoms with Crippen molar-refractivity contribution in [3.63, 3.8) is 0 Å². The fourth-order valence-corrected chi connectivity index (χ4v) is 1.98. The van der Waals surface area contributed by atoms with Gasteiger partial charge in [-0.3, -0.25) is 0 Å². The number of rotatable bonds is 1. The van der Waals surface area contributed by atoms with Gasteiger partial charge in [0.05, 0.1) is 16.5 Å². The smallest absolute Gasteiger partial charge is 0.0777 e. The minimum atomic E-state index is -0.510. The summed E-state index contributed by atoms with van der Waals surface area (Å²) in [4.78, 5) is 0. The van der Waals surface area contributed by atoms with E-state index in [9.17, 15) is 0 Å². The third kappa shape index (κ3) is 2.04. The summed E-state index contributed by atoms with van der Waals surface area (Å²) in [5.41, 5.74) is 0.409. The van der Waals surface area contributed by atoms with Crippen LogP contribution in [-0.4, -0.2) is 0 Å². The van der Waals surface area contributed by atoms with Crippen molar-refractivity contribution in [2.45, 2.75) is 19.3 Å². The van der Waals surface area contributed by atoms with Gasteiger partial charge in [-0.05, 0) is 41.4 Å². The fourth-order valence-electron chi connectivity index (χ4n) is 1.05. The summed E-state index contributed by atoms with van der Waals surface area (Å²) in [6.07, 6.45) is 0. The summed E-state index contributed by atoms with van der Waals surface area (Å²) < 4.78 is 0.809. The Morgan fingerprint density at radius 3 is 2.62 bits per heavy atom. The predicted octanol–water partition coefficient (Wildman–Crippen LogP) is 3.90. The van der Waals surface area contributed by atoms with Gasteiger partial charge in [-0.1, -0.05) is 23.7 Å². The zero-order chi connectivity index (χ0) is 10.1. The first-order chi connectivity index (χ1) is 5.99. The van der Waals surface area contributed by atoms with Crippen LogP contribution in [-0.2, 0) is 5.41 Å². The van der Waals surface area contributed by atoms with Crippen molar-refractivity contribution in [3.05, 3.63) is 33.3 Å². The molecule has 0 N–H and O–H groups in total. The van der Waals surface area contributed by atoms with Crippen LogP contribution >= 0.6 is 27.5 Å². The molecule has 0 bridgehead atoms. The molecular formula is C10H9BrClN. The monoisotopic (exact) mass is 257 g/mol. The highest BCUT2D eigenvalue weighted by Gasteiger charge is 2.23. The molecule has 0 aliphatic carbocycles. The molecule has 0 aliphatic heterocycles. The number of hydrogen-bond acceptors (Lipinski definition) is 1. The van der Waals surface area contributed by atoms with Gasteiger partial charge in [-0.25, -0.2) is 0 Å². The molecule has 0 amide bonds. The summed E-state index contributed by atoms with van der Waals surface area (Å²) in [5.74, 6) is 0. The molecule has 0 atom stereocenters. The SMILES string of the molecule is CC(C)(C#N)c1cccc(Cl)c1Br. The maximum atomic E-state index is 8.95. The Morgan fingerprint density at radius 1 is 1.46 bits per heavy atom. The molecule has 0 saturated carbocycles. The van der Waals surface area contributed by atoms with Crippen molar-refractivity contribution < 1.29 is 0 Å². The van der Waals surface area contributed by atoms with Gasteiger partial charge in [0, 0.05) is 4.47 Å². The average Bonchev–Trinajstić information content (AvgIpc) is 2.09. The number of hydrogen-bond donors (Lipinski definition) is 0. The van der Waals surface area contributed by atoms with Crippen molar-refractivity contribution in [3.8, 4) is 6.07 Å². The zero-order valence-corrected chi connectivity index (χ0v) is 9.78. The summed E-state index contributed by atoms with van der Waals surface area (Å²) in [6.45, 7) is 3.73. The number of nitriles is 1. The molecule has 0 aliphatic rings. The Morgan fingerprint density at radius 2 is 2.08 bits per heavy atom. The second-order valence-electron chi connectivity index (χ2n) is 3.34. The Labute approximate surface area is 91.5 Å². The normalized spacial score (nSPS) is 11.0. The molecule has 68 valence electrons. The van der Waals surface area contributed by atoms with E-state index < -0.39 is 5.41 Å². The van der Waals surface area contributed by atoms with Crippen LogP contribution in [0.4, 0.5) is 0 Å². The Bertz CT molecular complexity index is 366. The average molecular weight is 259 g/mol. The zero-order valence-electron chi connectivity index (χ0n) is 7.44. The standard InChI is InChI=1S/C10H9BrClN/c1-10(2,6-13)7-4-3-5-8(12)9(7)11/h3-5H,1-2H3. The van der Waals surface area contributed by atoms with E-state index in [2.05, 4.69) is 22.0 Å². The van der Waals surface area contributed by atoms with Crippen molar-refractivity contribution in [2.24, 2.45) is 0 Å². The maximum Gasteiger partial charge on any atom is 0.0777 e. The molecule has 13 heavy (non-hydrogen) atoms. The van der Waals surface area contributed by atoms with Crippen LogP contribution in [0.1, 0.15) is 19.4 Å².